The molecule has 18 heavy (non-hydrogen) atoms. The van der Waals surface area contributed by atoms with E-state index >= 15 is 0 Å². The molecule has 0 aromatic rings. The molecule has 1 rings (SSSR count). The van der Waals surface area contributed by atoms with Crippen LogP contribution in [0.2, 0.25) is 0 Å². The maximum absolute atomic E-state index is 12.3. The molecule has 108 valence electrons. The van der Waals surface area contributed by atoms with E-state index in [2.05, 4.69) is 24.1 Å². The highest BCUT2D eigenvalue weighted by Gasteiger charge is 2.30. The standard InChI is InChI=1S/C13H28N2O2S/c1-4-15(5-2)10-11-18(16,17)12(3)13-6-8-14-9-7-13/h12-14H,4-11H2,1-3H3. The fourth-order valence-corrected chi connectivity index (χ4v) is 4.33. The normalized spacial score (nSPS) is 20.2. The van der Waals surface area contributed by atoms with Crippen molar-refractivity contribution in [2.45, 2.75) is 38.9 Å². The Morgan fingerprint density at radius 2 is 1.78 bits per heavy atom. The zero-order valence-corrected chi connectivity index (χ0v) is 12.8. The molecule has 1 atom stereocenters. The summed E-state index contributed by atoms with van der Waals surface area (Å²) >= 11 is 0. The first-order chi connectivity index (χ1) is 8.51. The Balaban J connectivity index is 2.50. The number of piperidine rings is 1. The summed E-state index contributed by atoms with van der Waals surface area (Å²) in [5, 5.41) is 3.10. The molecule has 1 unspecified atom stereocenters. The van der Waals surface area contributed by atoms with Gasteiger partial charge in [-0.05, 0) is 51.9 Å². The van der Waals surface area contributed by atoms with Crippen LogP contribution in [0.3, 0.4) is 0 Å². The summed E-state index contributed by atoms with van der Waals surface area (Å²) in [6.07, 6.45) is 1.98. The SMILES string of the molecule is CCN(CC)CCS(=O)(=O)C(C)C1CCNCC1. The van der Waals surface area contributed by atoms with Crippen LogP contribution in [-0.2, 0) is 9.84 Å². The molecule has 0 aliphatic carbocycles. The molecule has 0 amide bonds. The third kappa shape index (κ3) is 4.52. The van der Waals surface area contributed by atoms with E-state index in [-0.39, 0.29) is 5.25 Å². The van der Waals surface area contributed by atoms with Gasteiger partial charge in [-0.2, -0.15) is 0 Å². The predicted octanol–water partition coefficient (Wildman–Crippen LogP) is 1.13. The predicted molar refractivity (Wildman–Crippen MR) is 76.6 cm³/mol. The summed E-state index contributed by atoms with van der Waals surface area (Å²) in [6, 6.07) is 0. The Kier molecular flexibility index (Phi) is 6.60. The molecule has 1 N–H and O–H groups in total. The Labute approximate surface area is 112 Å². The van der Waals surface area contributed by atoms with Crippen LogP contribution in [0.4, 0.5) is 0 Å². The fraction of sp³-hybridized carbons (Fsp3) is 1.00. The lowest BCUT2D eigenvalue weighted by Gasteiger charge is -2.28. The van der Waals surface area contributed by atoms with Crippen LogP contribution in [0.25, 0.3) is 0 Å². The van der Waals surface area contributed by atoms with E-state index in [1.54, 1.807) is 0 Å². The van der Waals surface area contributed by atoms with E-state index in [4.69, 9.17) is 0 Å². The lowest BCUT2D eigenvalue weighted by atomic mass is 9.95. The molecule has 1 heterocycles. The third-order valence-electron chi connectivity index (χ3n) is 4.20. The van der Waals surface area contributed by atoms with Crippen molar-refractivity contribution in [2.24, 2.45) is 5.92 Å². The van der Waals surface area contributed by atoms with Gasteiger partial charge < -0.3 is 10.2 Å². The van der Waals surface area contributed by atoms with Gasteiger partial charge in [0.25, 0.3) is 0 Å². The first-order valence-corrected chi connectivity index (χ1v) is 8.87. The highest BCUT2D eigenvalue weighted by atomic mass is 32.2. The molecular weight excluding hydrogens is 248 g/mol. The average Bonchev–Trinajstić information content (AvgIpc) is 2.40. The van der Waals surface area contributed by atoms with Crippen molar-refractivity contribution in [1.82, 2.24) is 10.2 Å². The minimum Gasteiger partial charge on any atom is -0.317 e. The second kappa shape index (κ2) is 7.46. The van der Waals surface area contributed by atoms with Crippen LogP contribution in [-0.4, -0.2) is 57.0 Å². The Hall–Kier alpha value is -0.130. The van der Waals surface area contributed by atoms with Gasteiger partial charge in [-0.3, -0.25) is 0 Å². The van der Waals surface area contributed by atoms with Crippen LogP contribution in [0.15, 0.2) is 0 Å². The number of sulfone groups is 1. The molecule has 5 heteroatoms. The molecular formula is C13H28N2O2S. The summed E-state index contributed by atoms with van der Waals surface area (Å²) in [4.78, 5) is 2.17. The highest BCUT2D eigenvalue weighted by Crippen LogP contribution is 2.22. The molecule has 1 aliphatic rings. The van der Waals surface area contributed by atoms with Crippen molar-refractivity contribution < 1.29 is 8.42 Å². The summed E-state index contributed by atoms with van der Waals surface area (Å²) in [5.41, 5.74) is 0. The lowest BCUT2D eigenvalue weighted by Crippen LogP contribution is -2.39. The third-order valence-corrected chi connectivity index (χ3v) is 6.47. The van der Waals surface area contributed by atoms with Crippen LogP contribution in [0.5, 0.6) is 0 Å². The van der Waals surface area contributed by atoms with Gasteiger partial charge in [-0.25, -0.2) is 8.42 Å². The van der Waals surface area contributed by atoms with Crippen molar-refractivity contribution in [3.05, 3.63) is 0 Å². The minimum absolute atomic E-state index is 0.185. The van der Waals surface area contributed by atoms with E-state index < -0.39 is 9.84 Å². The number of hydrogen-bond donors (Lipinski definition) is 1. The van der Waals surface area contributed by atoms with Gasteiger partial charge in [-0.15, -0.1) is 0 Å². The maximum Gasteiger partial charge on any atom is 0.154 e. The molecule has 0 saturated carbocycles. The Morgan fingerprint density at radius 1 is 1.22 bits per heavy atom. The highest BCUT2D eigenvalue weighted by molar-refractivity contribution is 7.92. The van der Waals surface area contributed by atoms with E-state index in [0.29, 0.717) is 18.2 Å². The fourth-order valence-electron chi connectivity index (χ4n) is 2.59. The topological polar surface area (TPSA) is 49.4 Å². The van der Waals surface area contributed by atoms with Crippen LogP contribution < -0.4 is 5.32 Å². The van der Waals surface area contributed by atoms with Gasteiger partial charge in [-0.1, -0.05) is 13.8 Å². The van der Waals surface area contributed by atoms with Crippen LogP contribution >= 0.6 is 0 Å². The van der Waals surface area contributed by atoms with E-state index in [1.165, 1.54) is 0 Å². The van der Waals surface area contributed by atoms with Gasteiger partial charge in [0, 0.05) is 6.54 Å². The van der Waals surface area contributed by atoms with Crippen molar-refractivity contribution in [3.63, 3.8) is 0 Å². The van der Waals surface area contributed by atoms with E-state index in [0.717, 1.165) is 39.0 Å². The zero-order chi connectivity index (χ0) is 13.6. The van der Waals surface area contributed by atoms with Gasteiger partial charge in [0.1, 0.15) is 0 Å². The van der Waals surface area contributed by atoms with Crippen molar-refractivity contribution >= 4 is 9.84 Å². The summed E-state index contributed by atoms with van der Waals surface area (Å²) in [5.74, 6) is 0.646. The Morgan fingerprint density at radius 3 is 2.28 bits per heavy atom. The quantitative estimate of drug-likeness (QED) is 0.757. The molecule has 1 aliphatic heterocycles. The van der Waals surface area contributed by atoms with Gasteiger partial charge in [0.15, 0.2) is 9.84 Å². The average molecular weight is 276 g/mol. The lowest BCUT2D eigenvalue weighted by molar-refractivity contribution is 0.319. The van der Waals surface area contributed by atoms with Crippen molar-refractivity contribution in [2.75, 3.05) is 38.5 Å². The van der Waals surface area contributed by atoms with E-state index in [9.17, 15) is 8.42 Å². The molecule has 0 radical (unpaired) electrons. The molecule has 4 nitrogen and oxygen atoms in total. The number of nitrogens with zero attached hydrogens (tertiary/aromatic N) is 1. The second-order valence-corrected chi connectivity index (χ2v) is 7.66. The Bertz CT molecular complexity index is 320. The molecule has 0 aromatic carbocycles. The van der Waals surface area contributed by atoms with Gasteiger partial charge in [0.2, 0.25) is 0 Å². The van der Waals surface area contributed by atoms with Crippen molar-refractivity contribution in [3.8, 4) is 0 Å². The van der Waals surface area contributed by atoms with Crippen LogP contribution in [0.1, 0.15) is 33.6 Å². The molecule has 1 saturated heterocycles. The number of nitrogens with one attached hydrogen (secondary N) is 1. The van der Waals surface area contributed by atoms with Crippen molar-refractivity contribution in [1.29, 1.82) is 0 Å². The molecule has 0 bridgehead atoms. The molecule has 0 aromatic heterocycles. The summed E-state index contributed by atoms with van der Waals surface area (Å²) in [7, 11) is -2.94. The summed E-state index contributed by atoms with van der Waals surface area (Å²) < 4.78 is 24.6. The maximum atomic E-state index is 12.3. The van der Waals surface area contributed by atoms with Crippen LogP contribution in [0, 0.1) is 5.92 Å². The second-order valence-electron chi connectivity index (χ2n) is 5.19. The minimum atomic E-state index is -2.94. The molecule has 0 spiro atoms. The number of rotatable bonds is 7. The smallest absolute Gasteiger partial charge is 0.154 e. The van der Waals surface area contributed by atoms with Gasteiger partial charge >= 0.3 is 0 Å². The number of hydrogen-bond acceptors (Lipinski definition) is 4. The first kappa shape index (κ1) is 15.9. The summed E-state index contributed by atoms with van der Waals surface area (Å²) in [6.45, 7) is 10.5. The largest absolute Gasteiger partial charge is 0.317 e. The van der Waals surface area contributed by atoms with Gasteiger partial charge in [0.05, 0.1) is 11.0 Å². The molecule has 1 fully saturated rings. The first-order valence-electron chi connectivity index (χ1n) is 7.15. The zero-order valence-electron chi connectivity index (χ0n) is 12.0. The van der Waals surface area contributed by atoms with E-state index in [1.807, 2.05) is 6.92 Å². The monoisotopic (exact) mass is 276 g/mol.